The summed E-state index contributed by atoms with van der Waals surface area (Å²) < 4.78 is 11.4. The van der Waals surface area contributed by atoms with Crippen LogP contribution in [0.25, 0.3) is 0 Å². The van der Waals surface area contributed by atoms with E-state index in [-0.39, 0.29) is 5.92 Å². The van der Waals surface area contributed by atoms with Gasteiger partial charge in [-0.25, -0.2) is 0 Å². The maximum atomic E-state index is 11.1. The summed E-state index contributed by atoms with van der Waals surface area (Å²) in [6.07, 6.45) is 0. The lowest BCUT2D eigenvalue weighted by Crippen LogP contribution is -2.47. The van der Waals surface area contributed by atoms with E-state index in [4.69, 9.17) is 9.79 Å². The van der Waals surface area contributed by atoms with Gasteiger partial charge >= 0.3 is 7.60 Å². The van der Waals surface area contributed by atoms with Crippen LogP contribution in [0.5, 0.6) is 0 Å². The summed E-state index contributed by atoms with van der Waals surface area (Å²) in [7, 11) is 1.40. The van der Waals surface area contributed by atoms with Gasteiger partial charge in [0.2, 0.25) is 0 Å². The van der Waals surface area contributed by atoms with Crippen molar-refractivity contribution in [2.45, 2.75) is 19.6 Å². The average molecular weight is 196 g/mol. The van der Waals surface area contributed by atoms with Crippen LogP contribution in [0, 0.1) is 5.92 Å². The Kier molecular flexibility index (Phi) is 3.49. The van der Waals surface area contributed by atoms with E-state index in [2.05, 4.69) is 0 Å². The molecule has 0 aliphatic rings. The molecule has 0 fully saturated rings. The minimum atomic E-state index is -3.98. The molecule has 2 N–H and O–H groups in total. The van der Waals surface area contributed by atoms with Crippen LogP contribution in [0.3, 0.4) is 0 Å². The Morgan fingerprint density at radius 3 is 1.50 bits per heavy atom. The molecule has 0 spiro atoms. The van der Waals surface area contributed by atoms with E-state index in [1.165, 1.54) is 0 Å². The molecule has 4 nitrogen and oxygen atoms in total. The van der Waals surface area contributed by atoms with Gasteiger partial charge in [0, 0.05) is 5.92 Å². The van der Waals surface area contributed by atoms with Gasteiger partial charge in [-0.1, -0.05) is 13.8 Å². The molecule has 0 aromatic carbocycles. The fourth-order valence-electron chi connectivity index (χ4n) is 1.73. The highest BCUT2D eigenvalue weighted by atomic mass is 31.2. The van der Waals surface area contributed by atoms with E-state index < -0.39 is 13.4 Å². The highest BCUT2D eigenvalue weighted by molar-refractivity contribution is 7.52. The van der Waals surface area contributed by atoms with Crippen molar-refractivity contribution < 1.29 is 18.8 Å². The third-order valence-electron chi connectivity index (χ3n) is 1.73. The van der Waals surface area contributed by atoms with Crippen LogP contribution < -0.4 is 0 Å². The second-order valence-electron chi connectivity index (χ2n) is 4.36. The Morgan fingerprint density at radius 1 is 1.17 bits per heavy atom. The Morgan fingerprint density at radius 2 is 1.50 bits per heavy atom. The van der Waals surface area contributed by atoms with Crippen molar-refractivity contribution >= 4 is 7.60 Å². The third kappa shape index (κ3) is 3.23. The monoisotopic (exact) mass is 196 g/mol. The maximum Gasteiger partial charge on any atom is 0.382 e. The molecule has 1 atom stereocenters. The van der Waals surface area contributed by atoms with Crippen molar-refractivity contribution in [1.82, 2.24) is 0 Å². The van der Waals surface area contributed by atoms with E-state index in [0.29, 0.717) is 4.48 Å². The molecule has 0 unspecified atom stereocenters. The number of nitrogens with zero attached hydrogens (tertiary/aromatic N) is 1. The van der Waals surface area contributed by atoms with Crippen molar-refractivity contribution in [3.8, 4) is 0 Å². The minimum absolute atomic E-state index is 0.0224. The van der Waals surface area contributed by atoms with Crippen molar-refractivity contribution in [2.24, 2.45) is 5.92 Å². The van der Waals surface area contributed by atoms with Gasteiger partial charge in [0.25, 0.3) is 0 Å². The molecule has 0 aromatic heterocycles. The molecule has 0 aromatic rings. The summed E-state index contributed by atoms with van der Waals surface area (Å²) in [4.78, 5) is 18.2. The summed E-state index contributed by atoms with van der Waals surface area (Å²) in [5.41, 5.74) is 0. The molecular weight excluding hydrogens is 177 g/mol. The van der Waals surface area contributed by atoms with Crippen molar-refractivity contribution in [3.05, 3.63) is 0 Å². The molecule has 0 saturated heterocycles. The minimum Gasteiger partial charge on any atom is -0.320 e. The third-order valence-corrected chi connectivity index (χ3v) is 3.71. The standard InChI is InChI=1S/C7H18NO3P/c1-6(2)7(8(3,4)5)12(9,10)11/h6-7H,1-5H3,(H-,9,10,11)/p+1/t7-/m0/s1. The predicted molar refractivity (Wildman–Crippen MR) is 48.7 cm³/mol. The maximum absolute atomic E-state index is 11.1. The number of hydrogen-bond acceptors (Lipinski definition) is 1. The first kappa shape index (κ1) is 12.1. The highest BCUT2D eigenvalue weighted by Crippen LogP contribution is 2.47. The molecule has 0 aliphatic heterocycles. The van der Waals surface area contributed by atoms with E-state index in [1.807, 2.05) is 13.8 Å². The van der Waals surface area contributed by atoms with Crippen LogP contribution in [-0.2, 0) is 4.57 Å². The molecule has 0 saturated carbocycles. The van der Waals surface area contributed by atoms with Crippen LogP contribution in [0.15, 0.2) is 0 Å². The fraction of sp³-hybridized carbons (Fsp3) is 1.00. The second-order valence-corrected chi connectivity index (χ2v) is 6.07. The number of quaternary nitrogens is 1. The van der Waals surface area contributed by atoms with Gasteiger partial charge in [-0.05, 0) is 0 Å². The Labute approximate surface area is 74.0 Å². The first-order valence-electron chi connectivity index (χ1n) is 3.93. The van der Waals surface area contributed by atoms with Crippen LogP contribution in [0.2, 0.25) is 0 Å². The summed E-state index contributed by atoms with van der Waals surface area (Å²) >= 11 is 0. The van der Waals surface area contributed by atoms with Gasteiger partial charge in [0.05, 0.1) is 21.1 Å². The van der Waals surface area contributed by atoms with Gasteiger partial charge in [0.15, 0.2) is 5.78 Å². The van der Waals surface area contributed by atoms with E-state index in [1.54, 1.807) is 21.1 Å². The zero-order valence-electron chi connectivity index (χ0n) is 8.35. The molecule has 74 valence electrons. The van der Waals surface area contributed by atoms with E-state index in [0.717, 1.165) is 0 Å². The lowest BCUT2D eigenvalue weighted by molar-refractivity contribution is -0.886. The van der Waals surface area contributed by atoms with Crippen LogP contribution in [0.4, 0.5) is 0 Å². The number of rotatable bonds is 3. The Bertz CT molecular complexity index is 191. The molecule has 0 amide bonds. The molecular formula is C7H19NO3P+. The summed E-state index contributed by atoms with van der Waals surface area (Å²) in [6.45, 7) is 3.65. The van der Waals surface area contributed by atoms with Gasteiger partial charge in [0.1, 0.15) is 0 Å². The smallest absolute Gasteiger partial charge is 0.320 e. The average Bonchev–Trinajstić information content (AvgIpc) is 1.49. The highest BCUT2D eigenvalue weighted by Gasteiger charge is 2.42. The Hall–Kier alpha value is 0.110. The molecule has 12 heavy (non-hydrogen) atoms. The molecule has 0 aliphatic carbocycles. The first-order valence-corrected chi connectivity index (χ1v) is 5.61. The lowest BCUT2D eigenvalue weighted by atomic mass is 10.2. The lowest BCUT2D eigenvalue weighted by Gasteiger charge is -2.36. The zero-order chi connectivity index (χ0) is 10.2. The SMILES string of the molecule is CC(C)[C@@H]([N+](C)(C)C)P(=O)(O)O. The molecule has 0 bridgehead atoms. The normalized spacial score (nSPS) is 16.7. The van der Waals surface area contributed by atoms with Crippen LogP contribution in [-0.4, -0.2) is 41.2 Å². The Balaban J connectivity index is 4.83. The van der Waals surface area contributed by atoms with Crippen molar-refractivity contribution in [2.75, 3.05) is 21.1 Å². The van der Waals surface area contributed by atoms with Gasteiger partial charge in [-0.2, -0.15) is 0 Å². The molecule has 0 radical (unpaired) electrons. The quantitative estimate of drug-likeness (QED) is 0.519. The second kappa shape index (κ2) is 3.46. The largest absolute Gasteiger partial charge is 0.382 e. The van der Waals surface area contributed by atoms with Gasteiger partial charge in [-0.15, -0.1) is 0 Å². The topological polar surface area (TPSA) is 57.5 Å². The van der Waals surface area contributed by atoms with Gasteiger partial charge < -0.3 is 14.3 Å². The van der Waals surface area contributed by atoms with Crippen molar-refractivity contribution in [1.29, 1.82) is 0 Å². The zero-order valence-corrected chi connectivity index (χ0v) is 9.25. The summed E-state index contributed by atoms with van der Waals surface area (Å²) in [6, 6.07) is 0. The van der Waals surface area contributed by atoms with E-state index in [9.17, 15) is 4.57 Å². The predicted octanol–water partition coefficient (Wildman–Crippen LogP) is 0.852. The molecule has 5 heteroatoms. The fourth-order valence-corrected chi connectivity index (χ4v) is 3.41. The van der Waals surface area contributed by atoms with Crippen LogP contribution in [0.1, 0.15) is 13.8 Å². The molecule has 0 heterocycles. The van der Waals surface area contributed by atoms with Crippen molar-refractivity contribution in [3.63, 3.8) is 0 Å². The summed E-state index contributed by atoms with van der Waals surface area (Å²) in [5, 5.41) is 0. The number of hydrogen-bond donors (Lipinski definition) is 2. The summed E-state index contributed by atoms with van der Waals surface area (Å²) in [5.74, 6) is -0.636. The van der Waals surface area contributed by atoms with Gasteiger partial charge in [-0.3, -0.25) is 4.57 Å². The first-order chi connectivity index (χ1) is 5.07. The van der Waals surface area contributed by atoms with E-state index >= 15 is 0 Å². The molecule has 0 rings (SSSR count). The van der Waals surface area contributed by atoms with Crippen LogP contribution >= 0.6 is 7.60 Å².